The maximum absolute atomic E-state index is 10.9. The minimum absolute atomic E-state index is 0.0761. The zero-order chi connectivity index (χ0) is 17.9. The van der Waals surface area contributed by atoms with Gasteiger partial charge in [-0.1, -0.05) is 42.5 Å². The number of nitro groups is 1. The smallest absolute Gasteiger partial charge is 0.269 e. The average molecular weight is 341 g/mol. The Hall–Kier alpha value is -3.73. The third-order valence-electron chi connectivity index (χ3n) is 4.14. The van der Waals surface area contributed by atoms with Crippen LogP contribution >= 0.6 is 0 Å². The number of nitrogens with zero attached hydrogens (tertiary/aromatic N) is 2. The fourth-order valence-electron chi connectivity index (χ4n) is 2.85. The highest BCUT2D eigenvalue weighted by atomic mass is 16.6. The van der Waals surface area contributed by atoms with Gasteiger partial charge >= 0.3 is 0 Å². The average Bonchev–Trinajstić information content (AvgIpc) is 3.11. The third-order valence-corrected chi connectivity index (χ3v) is 4.14. The number of imidazole rings is 1. The molecule has 0 saturated carbocycles. The number of non-ortho nitro benzene ring substituents is 1. The zero-order valence-electron chi connectivity index (χ0n) is 13.8. The lowest BCUT2D eigenvalue weighted by molar-refractivity contribution is -0.384. The minimum Gasteiger partial charge on any atom is -0.338 e. The summed E-state index contributed by atoms with van der Waals surface area (Å²) in [5, 5.41) is 10.9. The topological polar surface area (TPSA) is 71.8 Å². The molecule has 0 radical (unpaired) electrons. The Morgan fingerprint density at radius 1 is 0.923 bits per heavy atom. The molecule has 3 aromatic carbocycles. The number of fused-ring (bicyclic) bond motifs is 1. The normalized spacial score (nSPS) is 11.6. The Morgan fingerprint density at radius 3 is 2.31 bits per heavy atom. The van der Waals surface area contributed by atoms with Gasteiger partial charge in [-0.3, -0.25) is 10.1 Å². The highest BCUT2D eigenvalue weighted by Crippen LogP contribution is 2.26. The lowest BCUT2D eigenvalue weighted by atomic mass is 10.0. The monoisotopic (exact) mass is 341 g/mol. The van der Waals surface area contributed by atoms with Crippen LogP contribution in [0.25, 0.3) is 22.7 Å². The van der Waals surface area contributed by atoms with Crippen LogP contribution in [0, 0.1) is 10.1 Å². The number of para-hydroxylation sites is 2. The van der Waals surface area contributed by atoms with Crippen molar-refractivity contribution in [3.05, 3.63) is 106 Å². The lowest BCUT2D eigenvalue weighted by Crippen LogP contribution is -1.91. The van der Waals surface area contributed by atoms with Crippen molar-refractivity contribution in [3.8, 4) is 0 Å². The van der Waals surface area contributed by atoms with Crippen molar-refractivity contribution >= 4 is 28.4 Å². The van der Waals surface area contributed by atoms with E-state index in [1.54, 1.807) is 12.1 Å². The molecule has 5 heteroatoms. The number of aromatic nitrogens is 2. The van der Waals surface area contributed by atoms with E-state index in [1.807, 2.05) is 60.7 Å². The summed E-state index contributed by atoms with van der Waals surface area (Å²) in [4.78, 5) is 18.5. The maximum atomic E-state index is 10.9. The predicted molar refractivity (Wildman–Crippen MR) is 103 cm³/mol. The Labute approximate surface area is 149 Å². The van der Waals surface area contributed by atoms with Gasteiger partial charge in [-0.25, -0.2) is 4.98 Å². The molecule has 0 aliphatic carbocycles. The first kappa shape index (κ1) is 15.8. The van der Waals surface area contributed by atoms with Crippen molar-refractivity contribution in [3.63, 3.8) is 0 Å². The van der Waals surface area contributed by atoms with Gasteiger partial charge in [0.2, 0.25) is 0 Å². The van der Waals surface area contributed by atoms with Gasteiger partial charge in [0.25, 0.3) is 5.69 Å². The first-order chi connectivity index (χ1) is 12.7. The van der Waals surface area contributed by atoms with Crippen LogP contribution in [0.4, 0.5) is 5.69 Å². The molecule has 0 spiro atoms. The molecule has 0 fully saturated rings. The van der Waals surface area contributed by atoms with Gasteiger partial charge in [0.15, 0.2) is 0 Å². The zero-order valence-corrected chi connectivity index (χ0v) is 13.8. The van der Waals surface area contributed by atoms with Crippen LogP contribution in [0.1, 0.15) is 17.0 Å². The van der Waals surface area contributed by atoms with Gasteiger partial charge < -0.3 is 4.98 Å². The van der Waals surface area contributed by atoms with Crippen molar-refractivity contribution in [2.24, 2.45) is 0 Å². The van der Waals surface area contributed by atoms with Gasteiger partial charge in [0, 0.05) is 17.7 Å². The Kier molecular flexibility index (Phi) is 4.03. The van der Waals surface area contributed by atoms with Gasteiger partial charge in [-0.2, -0.15) is 0 Å². The largest absolute Gasteiger partial charge is 0.338 e. The van der Waals surface area contributed by atoms with E-state index in [0.717, 1.165) is 33.6 Å². The first-order valence-electron chi connectivity index (χ1n) is 8.17. The molecule has 1 N–H and O–H groups in total. The fourth-order valence-corrected chi connectivity index (χ4v) is 2.85. The van der Waals surface area contributed by atoms with E-state index in [9.17, 15) is 10.1 Å². The van der Waals surface area contributed by atoms with Crippen LogP contribution in [0.15, 0.2) is 78.9 Å². The molecule has 0 saturated heterocycles. The summed E-state index contributed by atoms with van der Waals surface area (Å²) in [5.41, 5.74) is 4.75. The summed E-state index contributed by atoms with van der Waals surface area (Å²) in [5.74, 6) is 0.760. The molecule has 0 bridgehead atoms. The van der Waals surface area contributed by atoms with E-state index in [1.165, 1.54) is 12.1 Å². The van der Waals surface area contributed by atoms with Crippen LogP contribution in [0.2, 0.25) is 0 Å². The molecule has 26 heavy (non-hydrogen) atoms. The van der Waals surface area contributed by atoms with E-state index in [0.29, 0.717) is 0 Å². The number of H-pyrrole nitrogens is 1. The molecule has 4 rings (SSSR count). The molecule has 4 aromatic rings. The summed E-state index contributed by atoms with van der Waals surface area (Å²) >= 11 is 0. The van der Waals surface area contributed by atoms with Crippen molar-refractivity contribution < 1.29 is 4.92 Å². The molecule has 0 aliphatic rings. The molecule has 0 unspecified atom stereocenters. The number of nitro benzene ring substituents is 1. The van der Waals surface area contributed by atoms with E-state index < -0.39 is 4.92 Å². The predicted octanol–water partition coefficient (Wildman–Crippen LogP) is 5.06. The van der Waals surface area contributed by atoms with Gasteiger partial charge in [-0.15, -0.1) is 0 Å². The summed E-state index contributed by atoms with van der Waals surface area (Å²) < 4.78 is 0. The second kappa shape index (κ2) is 6.64. The number of aromatic amines is 1. The standard InChI is InChI=1S/C21H15N3O2/c25-24(26)17-12-10-15(11-13-17)14-18(16-6-2-1-3-7-16)21-22-19-8-4-5-9-20(19)23-21/h1-14H,(H,22,23)/b18-14+. The summed E-state index contributed by atoms with van der Waals surface area (Å²) in [6.45, 7) is 0. The third kappa shape index (κ3) is 3.10. The Bertz CT molecular complexity index is 1060. The molecule has 0 atom stereocenters. The maximum Gasteiger partial charge on any atom is 0.269 e. The first-order valence-corrected chi connectivity index (χ1v) is 8.17. The van der Waals surface area contributed by atoms with Crippen molar-refractivity contribution in [1.29, 1.82) is 0 Å². The van der Waals surface area contributed by atoms with Crippen LogP contribution in [0.5, 0.6) is 0 Å². The molecule has 126 valence electrons. The van der Waals surface area contributed by atoms with E-state index >= 15 is 0 Å². The van der Waals surface area contributed by atoms with Crippen molar-refractivity contribution in [1.82, 2.24) is 9.97 Å². The molecule has 1 aromatic heterocycles. The quantitative estimate of drug-likeness (QED) is 0.320. The molecular formula is C21H15N3O2. The van der Waals surface area contributed by atoms with Gasteiger partial charge in [0.05, 0.1) is 16.0 Å². The van der Waals surface area contributed by atoms with E-state index in [-0.39, 0.29) is 5.69 Å². The van der Waals surface area contributed by atoms with Crippen LogP contribution in [-0.4, -0.2) is 14.9 Å². The van der Waals surface area contributed by atoms with Crippen molar-refractivity contribution in [2.75, 3.05) is 0 Å². The van der Waals surface area contributed by atoms with Gasteiger partial charge in [-0.05, 0) is 41.5 Å². The summed E-state index contributed by atoms with van der Waals surface area (Å²) in [6, 6.07) is 24.3. The second-order valence-electron chi connectivity index (χ2n) is 5.88. The molecule has 1 heterocycles. The highest BCUT2D eigenvalue weighted by molar-refractivity contribution is 5.91. The summed E-state index contributed by atoms with van der Waals surface area (Å²) in [7, 11) is 0. The van der Waals surface area contributed by atoms with Gasteiger partial charge in [0.1, 0.15) is 5.82 Å². The number of rotatable bonds is 4. The highest BCUT2D eigenvalue weighted by Gasteiger charge is 2.11. The Balaban J connectivity index is 1.84. The molecule has 0 aliphatic heterocycles. The SMILES string of the molecule is O=[N+]([O-])c1ccc(/C=C(\c2ccccc2)c2nc3ccccc3[nH]2)cc1. The summed E-state index contributed by atoms with van der Waals surface area (Å²) in [6.07, 6.45) is 1.98. The lowest BCUT2D eigenvalue weighted by Gasteiger charge is -2.05. The van der Waals surface area contributed by atoms with Crippen LogP contribution < -0.4 is 0 Å². The number of nitrogens with one attached hydrogen (secondary N) is 1. The second-order valence-corrected chi connectivity index (χ2v) is 5.88. The number of hydrogen-bond donors (Lipinski definition) is 1. The van der Waals surface area contributed by atoms with E-state index in [2.05, 4.69) is 4.98 Å². The van der Waals surface area contributed by atoms with Crippen molar-refractivity contribution in [2.45, 2.75) is 0 Å². The minimum atomic E-state index is -0.398. The molecule has 5 nitrogen and oxygen atoms in total. The van der Waals surface area contributed by atoms with Crippen LogP contribution in [-0.2, 0) is 0 Å². The Morgan fingerprint density at radius 2 is 1.62 bits per heavy atom. The number of hydrogen-bond acceptors (Lipinski definition) is 3. The van der Waals surface area contributed by atoms with Crippen LogP contribution in [0.3, 0.4) is 0 Å². The fraction of sp³-hybridized carbons (Fsp3) is 0. The molecule has 0 amide bonds. The van der Waals surface area contributed by atoms with E-state index in [4.69, 9.17) is 4.98 Å². The number of benzene rings is 3. The molecular weight excluding hydrogens is 326 g/mol.